The third kappa shape index (κ3) is 7.63. The Morgan fingerprint density at radius 1 is 0.750 bits per heavy atom. The summed E-state index contributed by atoms with van der Waals surface area (Å²) in [6, 6.07) is 28.2. The smallest absolute Gasteiger partial charge is 0.314 e. The Balaban J connectivity index is 1.45. The zero-order valence-electron chi connectivity index (χ0n) is 18.4. The quantitative estimate of drug-likeness (QED) is 0.413. The Kier molecular flexibility index (Phi) is 9.48. The van der Waals surface area contributed by atoms with Crippen LogP contribution in [-0.4, -0.2) is 28.9 Å². The normalized spacial score (nSPS) is 12.8. The van der Waals surface area contributed by atoms with E-state index in [9.17, 15) is 15.0 Å². The van der Waals surface area contributed by atoms with Crippen LogP contribution in [0.15, 0.2) is 84.9 Å². The standard InChI is InChI=1S/C28H32O4/c29-20-26(28(31)32-21-25-11-5-2-6-12-25)27(30)18-17-24-16-8-15-23(19-24)14-7-13-22-9-3-1-4-10-22/h1-6,8-12,15-16,19,26-27,29-30H,7,13-14,17-18,20-21H2/t26-,27-/m1/s1. The first-order valence-corrected chi connectivity index (χ1v) is 11.3. The van der Waals surface area contributed by atoms with Gasteiger partial charge in [0.25, 0.3) is 0 Å². The monoisotopic (exact) mass is 432 g/mol. The number of hydrogen-bond donors (Lipinski definition) is 2. The maximum atomic E-state index is 12.3. The van der Waals surface area contributed by atoms with Crippen molar-refractivity contribution in [3.05, 3.63) is 107 Å². The number of esters is 1. The van der Waals surface area contributed by atoms with Gasteiger partial charge in [0, 0.05) is 0 Å². The molecule has 2 N–H and O–H groups in total. The highest BCUT2D eigenvalue weighted by molar-refractivity contribution is 5.73. The second-order valence-corrected chi connectivity index (χ2v) is 8.15. The average molecular weight is 433 g/mol. The Bertz CT molecular complexity index is 940. The van der Waals surface area contributed by atoms with E-state index < -0.39 is 24.6 Å². The lowest BCUT2D eigenvalue weighted by Gasteiger charge is -2.20. The summed E-state index contributed by atoms with van der Waals surface area (Å²) < 4.78 is 5.30. The number of rotatable bonds is 12. The Morgan fingerprint density at radius 3 is 1.97 bits per heavy atom. The van der Waals surface area contributed by atoms with Gasteiger partial charge in [0.15, 0.2) is 0 Å². The van der Waals surface area contributed by atoms with Crippen molar-refractivity contribution in [3.63, 3.8) is 0 Å². The molecule has 0 aliphatic rings. The average Bonchev–Trinajstić information content (AvgIpc) is 2.83. The van der Waals surface area contributed by atoms with Gasteiger partial charge in [0.05, 0.1) is 12.7 Å². The van der Waals surface area contributed by atoms with Gasteiger partial charge in [-0.3, -0.25) is 4.79 Å². The van der Waals surface area contributed by atoms with Crippen molar-refractivity contribution < 1.29 is 19.7 Å². The summed E-state index contributed by atoms with van der Waals surface area (Å²) in [7, 11) is 0. The van der Waals surface area contributed by atoms with Gasteiger partial charge in [-0.1, -0.05) is 84.9 Å². The van der Waals surface area contributed by atoms with Crippen LogP contribution < -0.4 is 0 Å². The van der Waals surface area contributed by atoms with Gasteiger partial charge in [-0.25, -0.2) is 0 Å². The lowest BCUT2D eigenvalue weighted by Crippen LogP contribution is -2.33. The molecule has 0 saturated heterocycles. The zero-order chi connectivity index (χ0) is 22.6. The summed E-state index contributed by atoms with van der Waals surface area (Å²) in [6.45, 7) is -0.303. The molecule has 0 radical (unpaired) electrons. The number of benzene rings is 3. The highest BCUT2D eigenvalue weighted by Gasteiger charge is 2.27. The molecule has 0 spiro atoms. The first-order chi connectivity index (χ1) is 15.7. The summed E-state index contributed by atoms with van der Waals surface area (Å²) in [5, 5.41) is 20.1. The fraction of sp³-hybridized carbons (Fsp3) is 0.321. The number of aryl methyl sites for hydroxylation is 3. The predicted octanol–water partition coefficient (Wildman–Crippen LogP) is 4.51. The van der Waals surface area contributed by atoms with Crippen molar-refractivity contribution in [2.75, 3.05) is 6.61 Å². The Labute approximate surface area is 190 Å². The second kappa shape index (κ2) is 12.8. The van der Waals surface area contributed by atoms with Crippen LogP contribution in [0.1, 0.15) is 35.1 Å². The lowest BCUT2D eigenvalue weighted by atomic mass is 9.95. The number of aliphatic hydroxyl groups is 2. The molecule has 0 unspecified atom stereocenters. The first-order valence-electron chi connectivity index (χ1n) is 11.3. The molecule has 4 heteroatoms. The van der Waals surface area contributed by atoms with Gasteiger partial charge >= 0.3 is 5.97 Å². The molecule has 3 rings (SSSR count). The molecule has 0 aliphatic carbocycles. The summed E-state index contributed by atoms with van der Waals surface area (Å²) in [5.74, 6) is -1.51. The number of carbonyl (C=O) groups is 1. The summed E-state index contributed by atoms with van der Waals surface area (Å²) in [5.41, 5.74) is 4.61. The fourth-order valence-electron chi connectivity index (χ4n) is 3.79. The van der Waals surface area contributed by atoms with E-state index in [4.69, 9.17) is 4.74 Å². The van der Waals surface area contributed by atoms with Crippen LogP contribution in [0.25, 0.3) is 0 Å². The molecule has 168 valence electrons. The van der Waals surface area contributed by atoms with Gasteiger partial charge in [-0.15, -0.1) is 0 Å². The molecule has 0 saturated carbocycles. The van der Waals surface area contributed by atoms with Crippen molar-refractivity contribution in [2.45, 2.75) is 44.8 Å². The van der Waals surface area contributed by atoms with Crippen molar-refractivity contribution in [1.82, 2.24) is 0 Å². The van der Waals surface area contributed by atoms with E-state index >= 15 is 0 Å². The number of ether oxygens (including phenoxy) is 1. The third-order valence-electron chi connectivity index (χ3n) is 5.68. The van der Waals surface area contributed by atoms with Crippen LogP contribution >= 0.6 is 0 Å². The first kappa shape index (κ1) is 23.7. The molecule has 2 atom stereocenters. The van der Waals surface area contributed by atoms with E-state index in [-0.39, 0.29) is 6.61 Å². The van der Waals surface area contributed by atoms with Crippen molar-refractivity contribution in [1.29, 1.82) is 0 Å². The molecule has 3 aromatic rings. The summed E-state index contributed by atoms with van der Waals surface area (Å²) >= 11 is 0. The molecule has 0 fully saturated rings. The topological polar surface area (TPSA) is 66.8 Å². The SMILES string of the molecule is O=C(OCc1ccccc1)[C@H](CO)[C@H](O)CCc1cccc(CCCc2ccccc2)c1. The van der Waals surface area contributed by atoms with Crippen LogP contribution in [0.2, 0.25) is 0 Å². The van der Waals surface area contributed by atoms with Crippen LogP contribution in [0.4, 0.5) is 0 Å². The van der Waals surface area contributed by atoms with Crippen LogP contribution in [0.3, 0.4) is 0 Å². The van der Waals surface area contributed by atoms with Crippen LogP contribution in [0.5, 0.6) is 0 Å². The third-order valence-corrected chi connectivity index (χ3v) is 5.68. The lowest BCUT2D eigenvalue weighted by molar-refractivity contribution is -0.156. The number of hydrogen-bond acceptors (Lipinski definition) is 4. The maximum absolute atomic E-state index is 12.3. The molecular formula is C28H32O4. The van der Waals surface area contributed by atoms with Crippen LogP contribution in [-0.2, 0) is 35.4 Å². The van der Waals surface area contributed by atoms with E-state index in [2.05, 4.69) is 36.4 Å². The maximum Gasteiger partial charge on any atom is 0.314 e. The summed E-state index contributed by atoms with van der Waals surface area (Å²) in [4.78, 5) is 12.3. The Morgan fingerprint density at radius 2 is 1.31 bits per heavy atom. The van der Waals surface area contributed by atoms with E-state index in [1.54, 1.807) is 0 Å². The van der Waals surface area contributed by atoms with Gasteiger partial charge in [-0.05, 0) is 54.4 Å². The number of aliphatic hydroxyl groups excluding tert-OH is 2. The van der Waals surface area contributed by atoms with Gasteiger partial charge in [0.2, 0.25) is 0 Å². The van der Waals surface area contributed by atoms with Crippen molar-refractivity contribution in [3.8, 4) is 0 Å². The minimum atomic E-state index is -0.954. The molecule has 0 amide bonds. The van der Waals surface area contributed by atoms with E-state index in [1.165, 1.54) is 11.1 Å². The minimum absolute atomic E-state index is 0.133. The minimum Gasteiger partial charge on any atom is -0.460 e. The largest absolute Gasteiger partial charge is 0.460 e. The van der Waals surface area contributed by atoms with Crippen molar-refractivity contribution in [2.24, 2.45) is 5.92 Å². The molecule has 0 heterocycles. The molecule has 3 aromatic carbocycles. The van der Waals surface area contributed by atoms with E-state index in [0.29, 0.717) is 12.8 Å². The fourth-order valence-corrected chi connectivity index (χ4v) is 3.79. The predicted molar refractivity (Wildman–Crippen MR) is 126 cm³/mol. The molecular weight excluding hydrogens is 400 g/mol. The zero-order valence-corrected chi connectivity index (χ0v) is 18.4. The highest BCUT2D eigenvalue weighted by Crippen LogP contribution is 2.17. The van der Waals surface area contributed by atoms with Crippen LogP contribution in [0, 0.1) is 5.92 Å². The number of carbonyl (C=O) groups excluding carboxylic acids is 1. The Hall–Kier alpha value is -2.95. The van der Waals surface area contributed by atoms with Crippen molar-refractivity contribution >= 4 is 5.97 Å². The van der Waals surface area contributed by atoms with E-state index in [1.807, 2.05) is 48.5 Å². The highest BCUT2D eigenvalue weighted by atomic mass is 16.5. The molecule has 32 heavy (non-hydrogen) atoms. The molecule has 4 nitrogen and oxygen atoms in total. The van der Waals surface area contributed by atoms with Gasteiger partial charge < -0.3 is 14.9 Å². The molecule has 0 bridgehead atoms. The van der Waals surface area contributed by atoms with Gasteiger partial charge in [-0.2, -0.15) is 0 Å². The molecule has 0 aromatic heterocycles. The second-order valence-electron chi connectivity index (χ2n) is 8.15. The summed E-state index contributed by atoms with van der Waals surface area (Å²) in [6.07, 6.45) is 3.19. The van der Waals surface area contributed by atoms with Gasteiger partial charge in [0.1, 0.15) is 12.5 Å². The van der Waals surface area contributed by atoms with E-state index in [0.717, 1.165) is 30.4 Å². The molecule has 0 aliphatic heterocycles.